The summed E-state index contributed by atoms with van der Waals surface area (Å²) in [5, 5.41) is 0. The number of carbonyl (C=O) groups is 1. The maximum atomic E-state index is 11.9. The summed E-state index contributed by atoms with van der Waals surface area (Å²) < 4.78 is 0. The van der Waals surface area contributed by atoms with E-state index >= 15 is 0 Å². The third-order valence-electron chi connectivity index (χ3n) is 4.38. The molecular formula is C13H22N2O. The van der Waals surface area contributed by atoms with Gasteiger partial charge >= 0.3 is 0 Å². The number of nitrogens with zero attached hydrogens (tertiary/aromatic N) is 2. The molecule has 1 aliphatic heterocycles. The van der Waals surface area contributed by atoms with Crippen molar-refractivity contribution in [3.8, 4) is 0 Å². The molecule has 0 amide bonds. The average molecular weight is 222 g/mol. The molecule has 1 unspecified atom stereocenters. The van der Waals surface area contributed by atoms with Gasteiger partial charge in [0.25, 0.3) is 0 Å². The van der Waals surface area contributed by atoms with Crippen LogP contribution in [0.2, 0.25) is 0 Å². The monoisotopic (exact) mass is 222 g/mol. The molecule has 1 saturated heterocycles. The van der Waals surface area contributed by atoms with Gasteiger partial charge in [0.15, 0.2) is 0 Å². The standard InChI is InChI=1S/C13H22N2O/c16-13-4-2-1-3-12(13)15-9-7-14(8-10-15)11-5-6-11/h11-12H,1-10H2. The lowest BCUT2D eigenvalue weighted by Gasteiger charge is -2.40. The van der Waals surface area contributed by atoms with Gasteiger partial charge in [-0.3, -0.25) is 14.6 Å². The zero-order valence-electron chi connectivity index (χ0n) is 10.0. The Labute approximate surface area is 97.8 Å². The fourth-order valence-electron chi connectivity index (χ4n) is 3.20. The molecule has 0 radical (unpaired) electrons. The van der Waals surface area contributed by atoms with E-state index in [2.05, 4.69) is 9.80 Å². The van der Waals surface area contributed by atoms with Crippen LogP contribution >= 0.6 is 0 Å². The second-order valence-electron chi connectivity index (χ2n) is 5.53. The van der Waals surface area contributed by atoms with Crippen molar-refractivity contribution in [3.05, 3.63) is 0 Å². The predicted octanol–water partition coefficient (Wildman–Crippen LogP) is 1.28. The van der Waals surface area contributed by atoms with Gasteiger partial charge in [0.1, 0.15) is 5.78 Å². The molecule has 90 valence electrons. The van der Waals surface area contributed by atoms with Crippen LogP contribution in [0.5, 0.6) is 0 Å². The summed E-state index contributed by atoms with van der Waals surface area (Å²) in [4.78, 5) is 16.9. The first kappa shape index (κ1) is 10.7. The molecule has 0 spiro atoms. The Balaban J connectivity index is 1.53. The Morgan fingerprint density at radius 1 is 0.875 bits per heavy atom. The summed E-state index contributed by atoms with van der Waals surface area (Å²) in [6, 6.07) is 1.17. The molecule has 16 heavy (non-hydrogen) atoms. The molecule has 2 aliphatic carbocycles. The van der Waals surface area contributed by atoms with Crippen LogP contribution in [-0.2, 0) is 4.79 Å². The van der Waals surface area contributed by atoms with Crippen molar-refractivity contribution in [2.24, 2.45) is 0 Å². The Bertz CT molecular complexity index is 267. The van der Waals surface area contributed by atoms with Gasteiger partial charge in [0.2, 0.25) is 0 Å². The highest BCUT2D eigenvalue weighted by molar-refractivity contribution is 5.84. The third-order valence-corrected chi connectivity index (χ3v) is 4.38. The molecule has 3 rings (SSSR count). The number of hydrogen-bond donors (Lipinski definition) is 0. The van der Waals surface area contributed by atoms with E-state index in [0.717, 1.165) is 38.4 Å². The van der Waals surface area contributed by atoms with E-state index in [1.165, 1.54) is 32.4 Å². The molecule has 3 aliphatic rings. The van der Waals surface area contributed by atoms with Crippen LogP contribution < -0.4 is 0 Å². The zero-order valence-corrected chi connectivity index (χ0v) is 10.0. The van der Waals surface area contributed by atoms with Crippen LogP contribution in [0.25, 0.3) is 0 Å². The highest BCUT2D eigenvalue weighted by atomic mass is 16.1. The van der Waals surface area contributed by atoms with Crippen molar-refractivity contribution < 1.29 is 4.79 Å². The number of ketones is 1. The second-order valence-corrected chi connectivity index (χ2v) is 5.53. The number of hydrogen-bond acceptors (Lipinski definition) is 3. The number of Topliss-reactive ketones (excluding diaryl/α,β-unsaturated/α-hetero) is 1. The van der Waals surface area contributed by atoms with E-state index in [4.69, 9.17) is 0 Å². The van der Waals surface area contributed by atoms with Gasteiger partial charge in [0.05, 0.1) is 6.04 Å². The highest BCUT2D eigenvalue weighted by Gasteiger charge is 2.35. The Morgan fingerprint density at radius 2 is 1.56 bits per heavy atom. The molecule has 3 heteroatoms. The summed E-state index contributed by atoms with van der Waals surface area (Å²) in [6.45, 7) is 4.61. The predicted molar refractivity (Wildman–Crippen MR) is 63.4 cm³/mol. The fourth-order valence-corrected chi connectivity index (χ4v) is 3.20. The van der Waals surface area contributed by atoms with E-state index in [1.54, 1.807) is 0 Å². The smallest absolute Gasteiger partial charge is 0.149 e. The first-order chi connectivity index (χ1) is 7.84. The number of rotatable bonds is 2. The lowest BCUT2D eigenvalue weighted by molar-refractivity contribution is -0.127. The van der Waals surface area contributed by atoms with Gasteiger partial charge in [-0.05, 0) is 25.7 Å². The molecule has 3 fully saturated rings. The van der Waals surface area contributed by atoms with Crippen molar-refractivity contribution in [2.45, 2.75) is 50.6 Å². The summed E-state index contributed by atoms with van der Waals surface area (Å²) >= 11 is 0. The van der Waals surface area contributed by atoms with Gasteiger partial charge in [-0.15, -0.1) is 0 Å². The first-order valence-electron chi connectivity index (χ1n) is 6.85. The Kier molecular flexibility index (Phi) is 2.99. The molecule has 0 aromatic rings. The van der Waals surface area contributed by atoms with Crippen LogP contribution in [0.15, 0.2) is 0 Å². The Hall–Kier alpha value is -0.410. The van der Waals surface area contributed by atoms with E-state index in [-0.39, 0.29) is 6.04 Å². The van der Waals surface area contributed by atoms with Crippen molar-refractivity contribution in [3.63, 3.8) is 0 Å². The van der Waals surface area contributed by atoms with Gasteiger partial charge in [-0.2, -0.15) is 0 Å². The Morgan fingerprint density at radius 3 is 2.19 bits per heavy atom. The lowest BCUT2D eigenvalue weighted by atomic mass is 9.92. The normalized spacial score (nSPS) is 34.2. The summed E-state index contributed by atoms with van der Waals surface area (Å²) in [5.41, 5.74) is 0. The second kappa shape index (κ2) is 4.46. The molecule has 2 saturated carbocycles. The summed E-state index contributed by atoms with van der Waals surface area (Å²) in [5.74, 6) is 0.506. The third kappa shape index (κ3) is 2.16. The zero-order chi connectivity index (χ0) is 11.0. The van der Waals surface area contributed by atoms with E-state index in [1.807, 2.05) is 0 Å². The maximum Gasteiger partial charge on any atom is 0.149 e. The summed E-state index contributed by atoms with van der Waals surface area (Å²) in [6.07, 6.45) is 7.12. The fraction of sp³-hybridized carbons (Fsp3) is 0.923. The first-order valence-corrected chi connectivity index (χ1v) is 6.85. The van der Waals surface area contributed by atoms with E-state index < -0.39 is 0 Å². The minimum Gasteiger partial charge on any atom is -0.298 e. The van der Waals surface area contributed by atoms with Gasteiger partial charge < -0.3 is 0 Å². The van der Waals surface area contributed by atoms with Gasteiger partial charge in [-0.1, -0.05) is 6.42 Å². The molecule has 0 bridgehead atoms. The lowest BCUT2D eigenvalue weighted by Crippen LogP contribution is -2.53. The largest absolute Gasteiger partial charge is 0.298 e. The van der Waals surface area contributed by atoms with Crippen LogP contribution in [0.4, 0.5) is 0 Å². The topological polar surface area (TPSA) is 23.6 Å². The van der Waals surface area contributed by atoms with E-state index in [0.29, 0.717) is 5.78 Å². The molecular weight excluding hydrogens is 200 g/mol. The van der Waals surface area contributed by atoms with Crippen molar-refractivity contribution in [1.29, 1.82) is 0 Å². The average Bonchev–Trinajstić information content (AvgIpc) is 3.14. The minimum absolute atomic E-state index is 0.273. The van der Waals surface area contributed by atoms with Crippen LogP contribution in [0.3, 0.4) is 0 Å². The van der Waals surface area contributed by atoms with E-state index in [9.17, 15) is 4.79 Å². The van der Waals surface area contributed by atoms with Gasteiger partial charge in [0, 0.05) is 38.6 Å². The van der Waals surface area contributed by atoms with Gasteiger partial charge in [-0.25, -0.2) is 0 Å². The maximum absolute atomic E-state index is 11.9. The van der Waals surface area contributed by atoms with Crippen molar-refractivity contribution in [2.75, 3.05) is 26.2 Å². The quantitative estimate of drug-likeness (QED) is 0.703. The van der Waals surface area contributed by atoms with Crippen LogP contribution in [0.1, 0.15) is 38.5 Å². The molecule has 1 atom stereocenters. The number of carbonyl (C=O) groups excluding carboxylic acids is 1. The van der Waals surface area contributed by atoms with Crippen LogP contribution in [-0.4, -0.2) is 53.8 Å². The molecule has 0 N–H and O–H groups in total. The van der Waals surface area contributed by atoms with Crippen molar-refractivity contribution in [1.82, 2.24) is 9.80 Å². The summed E-state index contributed by atoms with van der Waals surface area (Å²) in [7, 11) is 0. The molecule has 1 heterocycles. The highest BCUT2D eigenvalue weighted by Crippen LogP contribution is 2.28. The SMILES string of the molecule is O=C1CCCCC1N1CCN(C2CC2)CC1. The number of piperazine rings is 1. The molecule has 3 nitrogen and oxygen atoms in total. The van der Waals surface area contributed by atoms with Crippen LogP contribution in [0, 0.1) is 0 Å². The molecule has 0 aromatic heterocycles. The molecule has 0 aromatic carbocycles. The van der Waals surface area contributed by atoms with Crippen molar-refractivity contribution >= 4 is 5.78 Å². The minimum atomic E-state index is 0.273.